The van der Waals surface area contributed by atoms with Gasteiger partial charge in [-0.05, 0) is 66.5 Å². The average molecular weight is 529 g/mol. The van der Waals surface area contributed by atoms with Crippen LogP contribution in [0.15, 0.2) is 48.9 Å². The summed E-state index contributed by atoms with van der Waals surface area (Å²) in [6, 6.07) is 9.22. The zero-order valence-corrected chi connectivity index (χ0v) is 21.6. The van der Waals surface area contributed by atoms with E-state index in [9.17, 15) is 0 Å². The first-order valence-corrected chi connectivity index (χ1v) is 13.5. The summed E-state index contributed by atoms with van der Waals surface area (Å²) in [6.45, 7) is 2.27. The molecule has 5 rings (SSSR count). The van der Waals surface area contributed by atoms with Crippen molar-refractivity contribution < 1.29 is 4.74 Å². The van der Waals surface area contributed by atoms with Crippen LogP contribution >= 0.6 is 35.0 Å². The summed E-state index contributed by atoms with van der Waals surface area (Å²) in [7, 11) is 0. The highest BCUT2D eigenvalue weighted by molar-refractivity contribution is 7.99. The number of halogens is 2. The van der Waals surface area contributed by atoms with Crippen molar-refractivity contribution in [3.63, 3.8) is 0 Å². The first-order valence-electron chi connectivity index (χ1n) is 11.6. The molecule has 2 fully saturated rings. The van der Waals surface area contributed by atoms with Gasteiger partial charge in [0.2, 0.25) is 0 Å². The molecule has 2 saturated heterocycles. The predicted octanol–water partition coefficient (Wildman–Crippen LogP) is 6.08. The van der Waals surface area contributed by atoms with Gasteiger partial charge in [0.15, 0.2) is 0 Å². The number of anilines is 2. The zero-order chi connectivity index (χ0) is 24.4. The third kappa shape index (κ3) is 5.22. The van der Waals surface area contributed by atoms with Gasteiger partial charge in [0.1, 0.15) is 18.2 Å². The topological polar surface area (TPSA) is 88.1 Å². The fraction of sp³-hybridized carbons (Fsp3) is 0.346. The number of nitrogens with two attached hydrogens (primary N) is 1. The van der Waals surface area contributed by atoms with Crippen molar-refractivity contribution in [1.29, 1.82) is 5.41 Å². The number of ether oxygens (including phenoxy) is 1. The smallest absolute Gasteiger partial charge is 0.128 e. The monoisotopic (exact) mass is 527 g/mol. The maximum Gasteiger partial charge on any atom is 0.128 e. The maximum absolute atomic E-state index is 8.75. The van der Waals surface area contributed by atoms with E-state index >= 15 is 0 Å². The van der Waals surface area contributed by atoms with Gasteiger partial charge < -0.3 is 15.4 Å². The third-order valence-corrected chi connectivity index (χ3v) is 8.96. The molecular formula is C26H27Cl2N5OS. The summed E-state index contributed by atoms with van der Waals surface area (Å²) in [4.78, 5) is 11.0. The Balaban J connectivity index is 1.26. The summed E-state index contributed by atoms with van der Waals surface area (Å²) < 4.78 is 5.90. The Morgan fingerprint density at radius 2 is 1.86 bits per heavy atom. The van der Waals surface area contributed by atoms with Crippen molar-refractivity contribution in [2.75, 3.05) is 35.2 Å². The molecule has 1 spiro atoms. The molecule has 1 aromatic carbocycles. The van der Waals surface area contributed by atoms with Gasteiger partial charge in [-0.3, -0.25) is 10.4 Å². The summed E-state index contributed by atoms with van der Waals surface area (Å²) >= 11 is 14.5. The summed E-state index contributed by atoms with van der Waals surface area (Å²) in [6.07, 6.45) is 8.64. The van der Waals surface area contributed by atoms with Gasteiger partial charge in [-0.2, -0.15) is 11.8 Å². The largest absolute Gasteiger partial charge is 0.489 e. The molecule has 2 aliphatic rings. The number of nitrogens with one attached hydrogen (secondary N) is 1. The Morgan fingerprint density at radius 3 is 2.51 bits per heavy atom. The van der Waals surface area contributed by atoms with Crippen molar-refractivity contribution in [3.05, 3.63) is 75.7 Å². The highest BCUT2D eigenvalue weighted by Gasteiger charge is 2.37. The minimum Gasteiger partial charge on any atom is -0.489 e. The number of benzene rings is 1. The fourth-order valence-electron chi connectivity index (χ4n) is 4.70. The number of nitrogen functional groups attached to an aromatic ring is 1. The number of hydrogen-bond acceptors (Lipinski definition) is 7. The van der Waals surface area contributed by atoms with Crippen molar-refractivity contribution >= 4 is 52.2 Å². The minimum atomic E-state index is 0.183. The third-order valence-electron chi connectivity index (χ3n) is 7.00. The number of thioether (sulfide) groups is 1. The molecule has 2 aromatic heterocycles. The first-order chi connectivity index (χ1) is 16.9. The van der Waals surface area contributed by atoms with E-state index in [1.807, 2.05) is 12.1 Å². The Labute approximate surface area is 219 Å². The van der Waals surface area contributed by atoms with Gasteiger partial charge in [0, 0.05) is 54.1 Å². The van der Waals surface area contributed by atoms with E-state index in [4.69, 9.17) is 39.1 Å². The lowest BCUT2D eigenvalue weighted by Crippen LogP contribution is -2.40. The lowest BCUT2D eigenvalue weighted by atomic mass is 9.78. The van der Waals surface area contributed by atoms with Crippen LogP contribution in [0, 0.1) is 10.8 Å². The molecule has 0 unspecified atom stereocenters. The fourth-order valence-corrected chi connectivity index (χ4v) is 6.77. The molecule has 4 heterocycles. The first kappa shape index (κ1) is 24.2. The quantitative estimate of drug-likeness (QED) is 0.298. The summed E-state index contributed by atoms with van der Waals surface area (Å²) in [5.74, 6) is 4.14. The maximum atomic E-state index is 8.75. The number of piperidine rings is 1. The zero-order valence-electron chi connectivity index (χ0n) is 19.3. The van der Waals surface area contributed by atoms with Gasteiger partial charge in [0.05, 0.1) is 15.8 Å². The van der Waals surface area contributed by atoms with Crippen LogP contribution in [-0.2, 0) is 6.61 Å². The molecular weight excluding hydrogens is 501 g/mol. The van der Waals surface area contributed by atoms with E-state index in [2.05, 4.69) is 26.6 Å². The molecule has 182 valence electrons. The average Bonchev–Trinajstić information content (AvgIpc) is 3.32. The van der Waals surface area contributed by atoms with E-state index in [1.54, 1.807) is 24.4 Å². The molecule has 0 atom stereocenters. The predicted molar refractivity (Wildman–Crippen MR) is 145 cm³/mol. The van der Waals surface area contributed by atoms with Crippen LogP contribution in [0.1, 0.15) is 36.0 Å². The van der Waals surface area contributed by atoms with Crippen LogP contribution in [0.4, 0.5) is 11.5 Å². The standard InChI is InChI=1S/C26H27Cl2N5OS/c27-21-13-31-14-22(28)20(21)15-34-18-2-3-23(29)19(11-18)25(30)17-1-4-24(32-12-17)33-8-5-26(6-9-33)7-10-35-16-26/h1-4,11-14,30H,5-10,15-16,29H2. The Bertz CT molecular complexity index is 1200. The number of aromatic nitrogens is 2. The van der Waals surface area contributed by atoms with Gasteiger partial charge in [-0.15, -0.1) is 0 Å². The molecule has 2 aliphatic heterocycles. The molecule has 3 aromatic rings. The van der Waals surface area contributed by atoms with Gasteiger partial charge >= 0.3 is 0 Å². The second-order valence-electron chi connectivity index (χ2n) is 9.19. The van der Waals surface area contributed by atoms with Crippen molar-refractivity contribution in [2.45, 2.75) is 25.9 Å². The van der Waals surface area contributed by atoms with Gasteiger partial charge in [-0.1, -0.05) is 23.2 Å². The van der Waals surface area contributed by atoms with Crippen LogP contribution in [0.3, 0.4) is 0 Å². The van der Waals surface area contributed by atoms with Crippen LogP contribution in [-0.4, -0.2) is 40.3 Å². The van der Waals surface area contributed by atoms with Crippen LogP contribution in [0.2, 0.25) is 10.0 Å². The lowest BCUT2D eigenvalue weighted by molar-refractivity contribution is 0.257. The number of rotatable bonds is 6. The van der Waals surface area contributed by atoms with E-state index < -0.39 is 0 Å². The highest BCUT2D eigenvalue weighted by atomic mass is 35.5. The Hall–Kier alpha value is -2.48. The molecule has 0 amide bonds. The second-order valence-corrected chi connectivity index (χ2v) is 11.1. The Morgan fingerprint density at radius 1 is 1.09 bits per heavy atom. The van der Waals surface area contributed by atoms with Crippen molar-refractivity contribution in [2.24, 2.45) is 5.41 Å². The number of hydrogen-bond donors (Lipinski definition) is 2. The number of pyridine rings is 2. The van der Waals surface area contributed by atoms with E-state index in [0.717, 1.165) is 18.9 Å². The summed E-state index contributed by atoms with van der Waals surface area (Å²) in [5, 5.41) is 9.64. The van der Waals surface area contributed by atoms with Gasteiger partial charge in [0.25, 0.3) is 0 Å². The molecule has 35 heavy (non-hydrogen) atoms. The highest BCUT2D eigenvalue weighted by Crippen LogP contribution is 2.44. The molecule has 0 radical (unpaired) electrons. The van der Waals surface area contributed by atoms with Crippen LogP contribution in [0.25, 0.3) is 0 Å². The molecule has 0 bridgehead atoms. The summed E-state index contributed by atoms with van der Waals surface area (Å²) in [5.41, 5.74) is 9.51. The van der Waals surface area contributed by atoms with Gasteiger partial charge in [-0.25, -0.2) is 4.98 Å². The molecule has 3 N–H and O–H groups in total. The molecule has 0 saturated carbocycles. The lowest BCUT2D eigenvalue weighted by Gasteiger charge is -2.39. The van der Waals surface area contributed by atoms with E-state index in [-0.39, 0.29) is 6.61 Å². The number of nitrogens with zero attached hydrogens (tertiary/aromatic N) is 3. The van der Waals surface area contributed by atoms with Crippen molar-refractivity contribution in [3.8, 4) is 5.75 Å². The Kier molecular flexibility index (Phi) is 7.09. The minimum absolute atomic E-state index is 0.183. The van der Waals surface area contributed by atoms with E-state index in [1.165, 1.54) is 43.2 Å². The normalized spacial score (nSPS) is 17.0. The van der Waals surface area contributed by atoms with Crippen molar-refractivity contribution in [1.82, 2.24) is 9.97 Å². The molecule has 0 aliphatic carbocycles. The molecule has 9 heteroatoms. The van der Waals surface area contributed by atoms with E-state index in [0.29, 0.717) is 49.3 Å². The van der Waals surface area contributed by atoms with Crippen LogP contribution < -0.4 is 15.4 Å². The SMILES string of the molecule is N=C(c1ccc(N2CCC3(CCSC3)CC2)nc1)c1cc(OCc2c(Cl)cncc2Cl)ccc1N. The van der Waals surface area contributed by atoms with Crippen LogP contribution in [0.5, 0.6) is 5.75 Å². The second kappa shape index (κ2) is 10.2. The molecule has 6 nitrogen and oxygen atoms in total.